The lowest BCUT2D eigenvalue weighted by Crippen LogP contribution is -2.49. The van der Waals surface area contributed by atoms with E-state index in [4.69, 9.17) is 4.74 Å². The summed E-state index contributed by atoms with van der Waals surface area (Å²) in [6.07, 6.45) is -0.739. The van der Waals surface area contributed by atoms with Crippen molar-refractivity contribution in [1.29, 1.82) is 0 Å². The standard InChI is InChI=1S/C26H35N3O5/c1-15-11-9-12-16(2)20(15)28-23(31)21(19-14-10-13-17(3)22(19)30)29(8)24(32)18(4)27-25(33)34-26(5,6)7/h9-14,18,21,30H,1-8H3,(H,27,33)(H,28,31). The van der Waals surface area contributed by atoms with Crippen molar-refractivity contribution in [2.75, 3.05) is 12.4 Å². The maximum Gasteiger partial charge on any atom is 0.408 e. The van der Waals surface area contributed by atoms with Crippen LogP contribution in [-0.4, -0.2) is 46.6 Å². The Labute approximate surface area is 201 Å². The van der Waals surface area contributed by atoms with Crippen molar-refractivity contribution in [1.82, 2.24) is 10.2 Å². The van der Waals surface area contributed by atoms with Gasteiger partial charge in [0.1, 0.15) is 23.4 Å². The Morgan fingerprint density at radius 2 is 1.50 bits per heavy atom. The number of aryl methyl sites for hydroxylation is 3. The largest absolute Gasteiger partial charge is 0.507 e. The minimum Gasteiger partial charge on any atom is -0.507 e. The number of para-hydroxylation sites is 2. The smallest absolute Gasteiger partial charge is 0.408 e. The number of nitrogens with one attached hydrogen (secondary N) is 2. The molecular weight excluding hydrogens is 434 g/mol. The summed E-state index contributed by atoms with van der Waals surface area (Å²) in [6.45, 7) is 12.2. The third-order valence-corrected chi connectivity index (χ3v) is 5.38. The highest BCUT2D eigenvalue weighted by Crippen LogP contribution is 2.33. The fourth-order valence-electron chi connectivity index (χ4n) is 3.61. The number of ether oxygens (including phenoxy) is 1. The number of carbonyl (C=O) groups is 3. The number of likely N-dealkylation sites (N-methyl/N-ethyl adjacent to an activating group) is 1. The molecule has 0 saturated heterocycles. The lowest BCUT2D eigenvalue weighted by atomic mass is 9.99. The predicted octanol–water partition coefficient (Wildman–Crippen LogP) is 4.37. The molecule has 2 unspecified atom stereocenters. The van der Waals surface area contributed by atoms with E-state index in [1.54, 1.807) is 45.9 Å². The molecule has 184 valence electrons. The minimum absolute atomic E-state index is 0.0726. The molecule has 3 N–H and O–H groups in total. The van der Waals surface area contributed by atoms with Gasteiger partial charge in [-0.15, -0.1) is 0 Å². The number of rotatable bonds is 6. The first-order valence-electron chi connectivity index (χ1n) is 11.1. The van der Waals surface area contributed by atoms with E-state index in [2.05, 4.69) is 10.6 Å². The monoisotopic (exact) mass is 469 g/mol. The van der Waals surface area contributed by atoms with E-state index < -0.39 is 35.6 Å². The molecule has 8 nitrogen and oxygen atoms in total. The SMILES string of the molecule is Cc1cccc(C(C(=O)Nc2c(C)cccc2C)N(C)C(=O)C(C)NC(=O)OC(C)(C)C)c1O. The molecule has 2 atom stereocenters. The van der Waals surface area contributed by atoms with Gasteiger partial charge in [-0.25, -0.2) is 4.79 Å². The second kappa shape index (κ2) is 10.6. The van der Waals surface area contributed by atoms with Gasteiger partial charge in [0.05, 0.1) is 0 Å². The molecule has 34 heavy (non-hydrogen) atoms. The van der Waals surface area contributed by atoms with Gasteiger partial charge in [-0.3, -0.25) is 9.59 Å². The third-order valence-electron chi connectivity index (χ3n) is 5.38. The van der Waals surface area contributed by atoms with Crippen molar-refractivity contribution in [2.45, 2.75) is 66.2 Å². The molecule has 0 spiro atoms. The maximum atomic E-state index is 13.5. The highest BCUT2D eigenvalue weighted by atomic mass is 16.6. The molecule has 0 saturated carbocycles. The summed E-state index contributed by atoms with van der Waals surface area (Å²) >= 11 is 0. The van der Waals surface area contributed by atoms with Crippen molar-refractivity contribution >= 4 is 23.6 Å². The van der Waals surface area contributed by atoms with Crippen LogP contribution in [0.1, 0.15) is 56.0 Å². The lowest BCUT2D eigenvalue weighted by Gasteiger charge is -2.31. The number of amides is 3. The number of hydrogen-bond acceptors (Lipinski definition) is 5. The zero-order valence-electron chi connectivity index (χ0n) is 21.1. The molecular formula is C26H35N3O5. The molecule has 0 bridgehead atoms. The average Bonchev–Trinajstić information content (AvgIpc) is 2.72. The van der Waals surface area contributed by atoms with Crippen LogP contribution >= 0.6 is 0 Å². The number of benzene rings is 2. The van der Waals surface area contributed by atoms with Gasteiger partial charge in [0.2, 0.25) is 5.91 Å². The second-order valence-corrected chi connectivity index (χ2v) is 9.49. The molecule has 0 fully saturated rings. The van der Waals surface area contributed by atoms with Crippen LogP contribution in [0.4, 0.5) is 10.5 Å². The van der Waals surface area contributed by atoms with Crippen molar-refractivity contribution in [3.63, 3.8) is 0 Å². The van der Waals surface area contributed by atoms with Crippen molar-refractivity contribution in [3.8, 4) is 5.75 Å². The zero-order valence-corrected chi connectivity index (χ0v) is 21.1. The molecule has 0 radical (unpaired) electrons. The van der Waals surface area contributed by atoms with Crippen LogP contribution < -0.4 is 10.6 Å². The van der Waals surface area contributed by atoms with Crippen LogP contribution in [0, 0.1) is 20.8 Å². The van der Waals surface area contributed by atoms with Crippen LogP contribution in [0.15, 0.2) is 36.4 Å². The first-order valence-corrected chi connectivity index (χ1v) is 11.1. The molecule has 0 aromatic heterocycles. The summed E-state index contributed by atoms with van der Waals surface area (Å²) in [6, 6.07) is 8.57. The Kier molecular flexibility index (Phi) is 8.31. The van der Waals surface area contributed by atoms with Crippen molar-refractivity contribution in [3.05, 3.63) is 58.7 Å². The van der Waals surface area contributed by atoms with E-state index in [1.807, 2.05) is 32.0 Å². The van der Waals surface area contributed by atoms with E-state index in [9.17, 15) is 19.5 Å². The summed E-state index contributed by atoms with van der Waals surface area (Å²) in [7, 11) is 1.46. The summed E-state index contributed by atoms with van der Waals surface area (Å²) in [5.74, 6) is -1.08. The number of phenols is 1. The van der Waals surface area contributed by atoms with E-state index in [0.717, 1.165) is 11.1 Å². The van der Waals surface area contributed by atoms with Gasteiger partial charge in [0, 0.05) is 18.3 Å². The number of alkyl carbamates (subject to hydrolysis) is 1. The van der Waals surface area contributed by atoms with Crippen LogP contribution in [0.25, 0.3) is 0 Å². The normalized spacial score (nSPS) is 12.9. The van der Waals surface area contributed by atoms with Gasteiger partial charge in [-0.2, -0.15) is 0 Å². The Hall–Kier alpha value is -3.55. The summed E-state index contributed by atoms with van der Waals surface area (Å²) in [4.78, 5) is 40.2. The third kappa shape index (κ3) is 6.50. The molecule has 8 heteroatoms. The molecule has 3 amide bonds. The fourth-order valence-corrected chi connectivity index (χ4v) is 3.61. The van der Waals surface area contributed by atoms with E-state index in [1.165, 1.54) is 18.9 Å². The highest BCUT2D eigenvalue weighted by molar-refractivity contribution is 6.00. The van der Waals surface area contributed by atoms with Crippen molar-refractivity contribution in [2.24, 2.45) is 0 Å². The Morgan fingerprint density at radius 1 is 0.971 bits per heavy atom. The van der Waals surface area contributed by atoms with Crippen LogP contribution in [0.3, 0.4) is 0 Å². The summed E-state index contributed by atoms with van der Waals surface area (Å²) in [5.41, 5.74) is 2.52. The van der Waals surface area contributed by atoms with Crippen LogP contribution in [0.2, 0.25) is 0 Å². The average molecular weight is 470 g/mol. The van der Waals surface area contributed by atoms with Gasteiger partial charge in [-0.05, 0) is 65.2 Å². The van der Waals surface area contributed by atoms with Crippen LogP contribution in [0.5, 0.6) is 5.75 Å². The van der Waals surface area contributed by atoms with Crippen molar-refractivity contribution < 1.29 is 24.2 Å². The Balaban J connectivity index is 2.39. The van der Waals surface area contributed by atoms with E-state index >= 15 is 0 Å². The van der Waals surface area contributed by atoms with Gasteiger partial charge < -0.3 is 25.4 Å². The number of carbonyl (C=O) groups excluding carboxylic acids is 3. The fraction of sp³-hybridized carbons (Fsp3) is 0.423. The van der Waals surface area contributed by atoms with Gasteiger partial charge in [0.25, 0.3) is 5.91 Å². The molecule has 2 aromatic rings. The topological polar surface area (TPSA) is 108 Å². The quantitative estimate of drug-likeness (QED) is 0.582. The minimum atomic E-state index is -1.14. The molecule has 2 rings (SSSR count). The predicted molar refractivity (Wildman–Crippen MR) is 132 cm³/mol. The lowest BCUT2D eigenvalue weighted by molar-refractivity contribution is -0.138. The first-order chi connectivity index (χ1) is 15.7. The Bertz CT molecular complexity index is 1050. The number of anilines is 1. The first kappa shape index (κ1) is 26.7. The van der Waals surface area contributed by atoms with Crippen LogP contribution in [-0.2, 0) is 14.3 Å². The van der Waals surface area contributed by atoms with E-state index in [-0.39, 0.29) is 11.3 Å². The van der Waals surface area contributed by atoms with Gasteiger partial charge in [0.15, 0.2) is 0 Å². The second-order valence-electron chi connectivity index (χ2n) is 9.49. The number of aromatic hydroxyl groups is 1. The number of hydrogen-bond donors (Lipinski definition) is 3. The number of nitrogens with zero attached hydrogens (tertiary/aromatic N) is 1. The highest BCUT2D eigenvalue weighted by Gasteiger charge is 2.34. The number of phenolic OH excluding ortho intramolecular Hbond substituents is 1. The summed E-state index contributed by atoms with van der Waals surface area (Å²) < 4.78 is 5.23. The molecule has 0 aliphatic carbocycles. The van der Waals surface area contributed by atoms with Gasteiger partial charge >= 0.3 is 6.09 Å². The molecule has 0 heterocycles. The van der Waals surface area contributed by atoms with E-state index in [0.29, 0.717) is 11.3 Å². The molecule has 2 aromatic carbocycles. The Morgan fingerprint density at radius 3 is 2.06 bits per heavy atom. The summed E-state index contributed by atoms with van der Waals surface area (Å²) in [5, 5.41) is 16.2. The zero-order chi connectivity index (χ0) is 25.8. The molecule has 0 aliphatic rings. The molecule has 0 aliphatic heterocycles. The maximum absolute atomic E-state index is 13.5. The van der Waals surface area contributed by atoms with Gasteiger partial charge in [-0.1, -0.05) is 36.4 Å².